The molecule has 9 aromatic carbocycles. The summed E-state index contributed by atoms with van der Waals surface area (Å²) >= 11 is 0. The van der Waals surface area contributed by atoms with Crippen LogP contribution in [0, 0.1) is 34.6 Å². The lowest BCUT2D eigenvalue weighted by molar-refractivity contribution is -0.583. The van der Waals surface area contributed by atoms with Gasteiger partial charge in [-0.25, -0.2) is 38.9 Å². The molecule has 0 spiro atoms. The Kier molecular flexibility index (Phi) is 33.2. The second-order valence-corrected chi connectivity index (χ2v) is 40.3. The molecule has 0 atom stereocenters. The standard InChI is InChI=1S/C111H134N14O13/c1-23-82-90(24-2)123(79-46-34-31-35-47-79)96-68-91(73(5)60-87(96)115-82)120(104(131)136-109(14,15)16)55-43-28-25-40-52-112-99(126)76-63-77(100(127)113-53-41-26-29-44-56-121(105(132)137-110(17,18)19)92-69-97-88(61-74(92)6)116-85-58-71(3)83(118-102(129)134-107(8,9)10)66-94(85)124(97)80-48-36-32-37-49-80)65-78(64-76)101(128)114-54-42-27-30-45-57-122(106(133)138-111(20,21)22)93-70-98-89(62-75(93)7)117-86-59-72(4)84(119-103(130)135-108(11,12)13)67-95(86)125(98)81-50-38-33-39-51-81/h23-24,31-39,46-51,58-70H,25-30,40-45,52-57H2,1-22H3,(H2-,112,113,114,126,127,128)/p+3/b82-23+,90-24+. The lowest BCUT2D eigenvalue weighted by Gasteiger charge is -2.28. The van der Waals surface area contributed by atoms with E-state index in [4.69, 9.17) is 38.6 Å². The normalized spacial score (nSPS) is 12.2. The van der Waals surface area contributed by atoms with E-state index in [1.807, 2.05) is 304 Å². The molecule has 12 rings (SSSR count). The number of aromatic nitrogens is 6. The van der Waals surface area contributed by atoms with Crippen molar-refractivity contribution in [3.63, 3.8) is 0 Å². The molecule has 0 aliphatic rings. The summed E-state index contributed by atoms with van der Waals surface area (Å²) in [6, 6.07) is 53.9. The third-order valence-electron chi connectivity index (χ3n) is 23.0. The topological polar surface area (TPSA) is 303 Å². The van der Waals surface area contributed by atoms with Gasteiger partial charge < -0.3 is 39.6 Å². The largest absolute Gasteiger partial charge is 0.444 e. The van der Waals surface area contributed by atoms with Crippen LogP contribution in [0.15, 0.2) is 170 Å². The highest BCUT2D eigenvalue weighted by atomic mass is 16.6. The molecule has 12 aromatic rings. The molecule has 0 saturated carbocycles. The molecule has 8 amide bonds. The fourth-order valence-corrected chi connectivity index (χ4v) is 16.8. The number of nitrogens with one attached hydrogen (secondary N) is 5. The number of carbonyl (C=O) groups excluding carboxylic acids is 8. The summed E-state index contributed by atoms with van der Waals surface area (Å²) in [4.78, 5) is 134. The highest BCUT2D eigenvalue weighted by Crippen LogP contribution is 2.36. The van der Waals surface area contributed by atoms with Crippen molar-refractivity contribution in [2.75, 3.05) is 64.6 Å². The minimum absolute atomic E-state index is 0.125. The van der Waals surface area contributed by atoms with Crippen molar-refractivity contribution in [2.24, 2.45) is 0 Å². The van der Waals surface area contributed by atoms with E-state index in [2.05, 4.69) is 52.4 Å². The van der Waals surface area contributed by atoms with Gasteiger partial charge in [0.1, 0.15) is 60.9 Å². The van der Waals surface area contributed by atoms with Crippen LogP contribution in [0.3, 0.4) is 0 Å². The number of rotatable bonds is 32. The summed E-state index contributed by atoms with van der Waals surface area (Å²) in [6.45, 7) is 42.9. The molecule has 726 valence electrons. The first-order valence-electron chi connectivity index (χ1n) is 48.1. The number of fused-ring (bicyclic) bond motifs is 5. The van der Waals surface area contributed by atoms with Crippen LogP contribution >= 0.6 is 0 Å². The monoisotopic (exact) mass is 1870 g/mol. The van der Waals surface area contributed by atoms with Crippen LogP contribution in [0.4, 0.5) is 52.4 Å². The molecule has 0 bridgehead atoms. The lowest BCUT2D eigenvalue weighted by Crippen LogP contribution is -2.57. The van der Waals surface area contributed by atoms with Gasteiger partial charge >= 0.3 is 30.5 Å². The van der Waals surface area contributed by atoms with E-state index < -0.39 is 76.2 Å². The number of anilines is 5. The van der Waals surface area contributed by atoms with Crippen molar-refractivity contribution < 1.29 is 75.7 Å². The number of amides is 8. The second kappa shape index (κ2) is 44.4. The number of aryl methyl sites for hydroxylation is 5. The van der Waals surface area contributed by atoms with E-state index in [0.29, 0.717) is 169 Å². The Balaban J connectivity index is 0.736. The number of hydrogen-bond acceptors (Lipinski definition) is 16. The minimum Gasteiger partial charge on any atom is -0.444 e. The summed E-state index contributed by atoms with van der Waals surface area (Å²) in [6.07, 6.45) is 8.97. The highest BCUT2D eigenvalue weighted by Gasteiger charge is 2.35. The van der Waals surface area contributed by atoms with Gasteiger partial charge in [-0.3, -0.25) is 39.7 Å². The van der Waals surface area contributed by atoms with Crippen LogP contribution in [0.5, 0.6) is 0 Å². The van der Waals surface area contributed by atoms with Crippen LogP contribution in [0.2, 0.25) is 0 Å². The Morgan fingerprint density at radius 2 is 0.580 bits per heavy atom. The van der Waals surface area contributed by atoms with Crippen LogP contribution in [0.25, 0.3) is 84.4 Å². The fraction of sp³-hybridized carbons (Fsp3) is 0.405. The fourth-order valence-electron chi connectivity index (χ4n) is 16.8. The first-order chi connectivity index (χ1) is 65.3. The number of carbonyl (C=O) groups is 8. The van der Waals surface area contributed by atoms with Crippen molar-refractivity contribution in [2.45, 2.75) is 257 Å². The van der Waals surface area contributed by atoms with Crippen LogP contribution in [0.1, 0.15) is 254 Å². The molecule has 0 unspecified atom stereocenters. The van der Waals surface area contributed by atoms with Crippen molar-refractivity contribution in [1.82, 2.24) is 30.9 Å². The maximum atomic E-state index is 14.5. The van der Waals surface area contributed by atoms with Gasteiger partial charge in [-0.1, -0.05) is 99.2 Å². The SMILES string of the molecule is C/C=c1/nc2cc(C)c(N(CCCCCCNC(=O)c3cc(C(=O)NCCCCCCN(C(=O)OC(C)(C)C)c4cc5c(cc4C)nc4cc(C)c(NC(=O)OC(C)(C)C)cc4[n+]5-c4ccccc4)cc(C(=O)NCCCCCCN(C(=O)OC(C)(C)C)c4cc5c(cc4C)nc4cc(C)c(NC(=O)OC(C)(C)C)cc4[n+]5-c4ccccc4)c3)C(=O)OC(C)(C)C)cc2[n+](-c2ccccc2)/c1=C/C. The Hall–Kier alpha value is -14.0. The van der Waals surface area contributed by atoms with Crippen LogP contribution < -0.4 is 65.7 Å². The van der Waals surface area contributed by atoms with Gasteiger partial charge in [-0.15, -0.1) is 9.13 Å². The summed E-state index contributed by atoms with van der Waals surface area (Å²) in [7, 11) is 0. The maximum Gasteiger partial charge on any atom is 0.414 e. The third kappa shape index (κ3) is 27.1. The summed E-state index contributed by atoms with van der Waals surface area (Å²) < 4.78 is 35.9. The molecule has 3 aromatic heterocycles. The van der Waals surface area contributed by atoms with Crippen LogP contribution in [-0.2, 0) is 23.7 Å². The first kappa shape index (κ1) is 103. The third-order valence-corrected chi connectivity index (χ3v) is 23.0. The number of benzene rings is 9. The molecule has 0 saturated heterocycles. The molecule has 0 aliphatic carbocycles. The molecule has 0 aliphatic heterocycles. The Bertz CT molecular complexity index is 6390. The molecule has 5 N–H and O–H groups in total. The zero-order valence-corrected chi connectivity index (χ0v) is 84.4. The van der Waals surface area contributed by atoms with Gasteiger partial charge in [0.05, 0.1) is 28.4 Å². The highest BCUT2D eigenvalue weighted by molar-refractivity contribution is 6.05. The molecule has 0 radical (unpaired) electrons. The first-order valence-corrected chi connectivity index (χ1v) is 48.1. The van der Waals surface area contributed by atoms with E-state index in [1.54, 1.807) is 14.7 Å². The molecule has 27 nitrogen and oxygen atoms in total. The minimum atomic E-state index is -0.820. The Labute approximate surface area is 810 Å². The molecule has 27 heteroatoms. The summed E-state index contributed by atoms with van der Waals surface area (Å²) in [5.41, 5.74) is 13.5. The number of hydrogen-bond donors (Lipinski definition) is 5. The van der Waals surface area contributed by atoms with E-state index in [-0.39, 0.29) is 36.3 Å². The van der Waals surface area contributed by atoms with Gasteiger partial charge in [0.2, 0.25) is 50.0 Å². The van der Waals surface area contributed by atoms with Gasteiger partial charge in [-0.05, 0) is 273 Å². The molecule has 138 heavy (non-hydrogen) atoms. The average Bonchev–Trinajstić information content (AvgIpc) is 0.747. The maximum absolute atomic E-state index is 14.5. The van der Waals surface area contributed by atoms with E-state index >= 15 is 0 Å². The van der Waals surface area contributed by atoms with Crippen molar-refractivity contribution >= 4 is 144 Å². The molecular formula is C111H137N14O13+3. The molecule has 3 heterocycles. The Morgan fingerprint density at radius 1 is 0.312 bits per heavy atom. The quantitative estimate of drug-likeness (QED) is 0.0113. The number of unbranched alkanes of at least 4 members (excludes halogenated alkanes) is 9. The number of nitrogens with zero attached hydrogens (tertiary/aromatic N) is 9. The Morgan fingerprint density at radius 3 is 0.870 bits per heavy atom. The predicted octanol–water partition coefficient (Wildman–Crippen LogP) is 21.5. The zero-order valence-electron chi connectivity index (χ0n) is 84.4. The predicted molar refractivity (Wildman–Crippen MR) is 547 cm³/mol. The summed E-state index contributed by atoms with van der Waals surface area (Å²) in [5.74, 6) is -1.41. The van der Waals surface area contributed by atoms with Crippen molar-refractivity contribution in [3.8, 4) is 17.1 Å². The number of para-hydroxylation sites is 3. The molecule has 0 fully saturated rings. The molecular weight excluding hydrogens is 1740 g/mol. The lowest BCUT2D eigenvalue weighted by atomic mass is 10.0. The van der Waals surface area contributed by atoms with Gasteiger partial charge in [0.25, 0.3) is 17.7 Å². The van der Waals surface area contributed by atoms with Gasteiger partial charge in [0.15, 0.2) is 0 Å². The average molecular weight is 1880 g/mol. The van der Waals surface area contributed by atoms with Crippen molar-refractivity contribution in [1.29, 1.82) is 0 Å². The zero-order chi connectivity index (χ0) is 99.9. The van der Waals surface area contributed by atoms with E-state index in [0.717, 1.165) is 66.6 Å². The second-order valence-electron chi connectivity index (χ2n) is 40.3. The van der Waals surface area contributed by atoms with Crippen LogP contribution in [-0.4, -0.2) is 130 Å². The van der Waals surface area contributed by atoms with Gasteiger partial charge in [0, 0.05) is 123 Å². The smallest absolute Gasteiger partial charge is 0.414 e. The van der Waals surface area contributed by atoms with Crippen molar-refractivity contribution in [3.05, 3.63) is 225 Å². The summed E-state index contributed by atoms with van der Waals surface area (Å²) in [5, 5.41) is 16.8. The van der Waals surface area contributed by atoms with E-state index in [9.17, 15) is 38.4 Å². The van der Waals surface area contributed by atoms with E-state index in [1.165, 1.54) is 18.2 Å². The van der Waals surface area contributed by atoms with Gasteiger partial charge in [-0.2, -0.15) is 4.57 Å². The number of ether oxygens (including phenoxy) is 5.